The zero-order valence-corrected chi connectivity index (χ0v) is 13.8. The van der Waals surface area contributed by atoms with Crippen LogP contribution in [0.3, 0.4) is 0 Å². The third kappa shape index (κ3) is 15.2. The summed E-state index contributed by atoms with van der Waals surface area (Å²) >= 11 is 0. The lowest BCUT2D eigenvalue weighted by molar-refractivity contribution is 0.672. The minimum Gasteiger partial charge on any atom is -0.313 e. The molecule has 0 aromatic carbocycles. The normalized spacial score (nSPS) is 10.8. The predicted molar refractivity (Wildman–Crippen MR) is 88.2 cm³/mol. The van der Waals surface area contributed by atoms with E-state index in [9.17, 15) is 0 Å². The third-order valence-electron chi connectivity index (χ3n) is 2.28. The van der Waals surface area contributed by atoms with E-state index in [4.69, 9.17) is 0 Å². The summed E-state index contributed by atoms with van der Waals surface area (Å²) in [6, 6.07) is 0. The van der Waals surface area contributed by atoms with Crippen LogP contribution >= 0.6 is 0 Å². The maximum Gasteiger partial charge on any atom is 0.0208 e. The molecule has 0 fully saturated rings. The quantitative estimate of drug-likeness (QED) is 0.466. The summed E-state index contributed by atoms with van der Waals surface area (Å²) in [6.07, 6.45) is 8.56. The molecule has 1 nitrogen and oxygen atoms in total. The van der Waals surface area contributed by atoms with E-state index in [0.29, 0.717) is 0 Å². The maximum absolute atomic E-state index is 3.73. The zero-order chi connectivity index (χ0) is 14.8. The molecule has 0 bridgehead atoms. The first-order valence-electron chi connectivity index (χ1n) is 7.41. The molecule has 0 aromatic heterocycles. The Morgan fingerprint density at radius 2 is 1.72 bits per heavy atom. The lowest BCUT2D eigenvalue weighted by Crippen LogP contribution is -2.18. The summed E-state index contributed by atoms with van der Waals surface area (Å²) in [5, 5.41) is 3.43. The molecule has 0 aliphatic rings. The van der Waals surface area contributed by atoms with Gasteiger partial charge in [0.1, 0.15) is 0 Å². The van der Waals surface area contributed by atoms with Crippen LogP contribution in [0.2, 0.25) is 0 Å². The Labute approximate surface area is 116 Å². The van der Waals surface area contributed by atoms with Crippen LogP contribution < -0.4 is 5.32 Å². The van der Waals surface area contributed by atoms with Crippen molar-refractivity contribution >= 4 is 0 Å². The van der Waals surface area contributed by atoms with Gasteiger partial charge in [-0.25, -0.2) is 0 Å². The number of rotatable bonds is 7. The van der Waals surface area contributed by atoms with Crippen molar-refractivity contribution in [2.75, 3.05) is 13.1 Å². The maximum atomic E-state index is 3.73. The molecule has 18 heavy (non-hydrogen) atoms. The van der Waals surface area contributed by atoms with Gasteiger partial charge in [-0.1, -0.05) is 71.4 Å². The number of nitrogens with one attached hydrogen (secondary N) is 1. The SMILES string of the molecule is C=C/C=C(CNCCCC)\C(C)=C/C.CC.CC. The fourth-order valence-corrected chi connectivity index (χ4v) is 1.18. The molecule has 0 radical (unpaired) electrons. The van der Waals surface area contributed by atoms with Crippen LogP contribution in [0.5, 0.6) is 0 Å². The zero-order valence-electron chi connectivity index (χ0n) is 13.8. The van der Waals surface area contributed by atoms with Crippen LogP contribution in [-0.2, 0) is 0 Å². The van der Waals surface area contributed by atoms with E-state index in [1.54, 1.807) is 0 Å². The number of unbranched alkanes of at least 4 members (excludes halogenated alkanes) is 1. The standard InChI is InChI=1S/C13H23N.2C2H6/c1-5-8-10-14-11-13(9-6-2)12(4)7-3;2*1-2/h6-7,9,14H,2,5,8,10-11H2,1,3-4H3;2*1-2H3/b12-7-,13-9-;;. The largest absolute Gasteiger partial charge is 0.313 e. The summed E-state index contributed by atoms with van der Waals surface area (Å²) in [4.78, 5) is 0. The Morgan fingerprint density at radius 3 is 2.11 bits per heavy atom. The van der Waals surface area contributed by atoms with E-state index in [1.165, 1.54) is 24.0 Å². The third-order valence-corrected chi connectivity index (χ3v) is 2.28. The van der Waals surface area contributed by atoms with E-state index in [0.717, 1.165) is 13.1 Å². The molecule has 0 saturated carbocycles. The lowest BCUT2D eigenvalue weighted by Gasteiger charge is -2.08. The first-order chi connectivity index (χ1) is 8.76. The predicted octanol–water partition coefficient (Wildman–Crippen LogP) is 5.51. The molecular weight excluding hydrogens is 218 g/mol. The van der Waals surface area contributed by atoms with Crippen LogP contribution in [0.25, 0.3) is 0 Å². The Kier molecular flexibility index (Phi) is 26.7. The highest BCUT2D eigenvalue weighted by atomic mass is 14.8. The molecule has 0 spiro atoms. The highest BCUT2D eigenvalue weighted by Crippen LogP contribution is 2.07. The fourth-order valence-electron chi connectivity index (χ4n) is 1.18. The lowest BCUT2D eigenvalue weighted by atomic mass is 10.1. The van der Waals surface area contributed by atoms with Gasteiger partial charge in [0.2, 0.25) is 0 Å². The summed E-state index contributed by atoms with van der Waals surface area (Å²) in [6.45, 7) is 20.2. The molecule has 0 heterocycles. The van der Waals surface area contributed by atoms with Crippen molar-refractivity contribution in [1.29, 1.82) is 0 Å². The highest BCUT2D eigenvalue weighted by molar-refractivity contribution is 5.32. The van der Waals surface area contributed by atoms with Crippen LogP contribution in [0.15, 0.2) is 36.0 Å². The number of hydrogen-bond acceptors (Lipinski definition) is 1. The first-order valence-corrected chi connectivity index (χ1v) is 7.41. The van der Waals surface area contributed by atoms with E-state index < -0.39 is 0 Å². The molecule has 0 rings (SSSR count). The second-order valence-corrected chi connectivity index (χ2v) is 3.43. The number of allylic oxidation sites excluding steroid dienone is 3. The van der Waals surface area contributed by atoms with Crippen LogP contribution in [0.1, 0.15) is 61.3 Å². The molecule has 1 heteroatoms. The average Bonchev–Trinajstić information content (AvgIpc) is 2.45. The Morgan fingerprint density at radius 1 is 1.17 bits per heavy atom. The summed E-state index contributed by atoms with van der Waals surface area (Å²) in [5.74, 6) is 0. The van der Waals surface area contributed by atoms with Gasteiger partial charge in [-0.15, -0.1) is 0 Å². The molecule has 0 unspecified atom stereocenters. The Balaban J connectivity index is -0.000000506. The molecule has 108 valence electrons. The van der Waals surface area contributed by atoms with Gasteiger partial charge in [0.25, 0.3) is 0 Å². The summed E-state index contributed by atoms with van der Waals surface area (Å²) in [7, 11) is 0. The van der Waals surface area contributed by atoms with E-state index in [1.807, 2.05) is 33.8 Å². The molecule has 0 aliphatic carbocycles. The van der Waals surface area contributed by atoms with Crippen molar-refractivity contribution in [3.05, 3.63) is 36.0 Å². The van der Waals surface area contributed by atoms with Gasteiger partial charge in [0.15, 0.2) is 0 Å². The summed E-state index contributed by atoms with van der Waals surface area (Å²) in [5.41, 5.74) is 2.66. The van der Waals surface area contributed by atoms with Gasteiger partial charge in [-0.05, 0) is 32.4 Å². The van der Waals surface area contributed by atoms with Crippen molar-refractivity contribution in [3.63, 3.8) is 0 Å². The van der Waals surface area contributed by atoms with Crippen LogP contribution in [0.4, 0.5) is 0 Å². The van der Waals surface area contributed by atoms with E-state index >= 15 is 0 Å². The molecule has 0 saturated heterocycles. The summed E-state index contributed by atoms with van der Waals surface area (Å²) < 4.78 is 0. The van der Waals surface area contributed by atoms with Gasteiger partial charge in [-0.3, -0.25) is 0 Å². The molecular formula is C17H35N. The topological polar surface area (TPSA) is 12.0 Å². The van der Waals surface area contributed by atoms with Gasteiger partial charge in [0, 0.05) is 6.54 Å². The first kappa shape index (κ1) is 22.4. The second-order valence-electron chi connectivity index (χ2n) is 3.43. The fraction of sp³-hybridized carbons (Fsp3) is 0.647. The van der Waals surface area contributed by atoms with Crippen molar-refractivity contribution in [1.82, 2.24) is 5.32 Å². The molecule has 0 amide bonds. The minimum absolute atomic E-state index is 0.947. The molecule has 0 atom stereocenters. The van der Waals surface area contributed by atoms with Crippen molar-refractivity contribution in [3.8, 4) is 0 Å². The second kappa shape index (κ2) is 21.5. The van der Waals surface area contributed by atoms with Crippen LogP contribution in [0, 0.1) is 0 Å². The van der Waals surface area contributed by atoms with Gasteiger partial charge in [0.05, 0.1) is 0 Å². The van der Waals surface area contributed by atoms with E-state index in [-0.39, 0.29) is 0 Å². The highest BCUT2D eigenvalue weighted by Gasteiger charge is 1.97. The Bertz CT molecular complexity index is 212. The van der Waals surface area contributed by atoms with Crippen molar-refractivity contribution in [2.24, 2.45) is 0 Å². The van der Waals surface area contributed by atoms with Gasteiger partial charge in [-0.2, -0.15) is 0 Å². The molecule has 0 aliphatic heterocycles. The molecule has 0 aromatic rings. The monoisotopic (exact) mass is 253 g/mol. The van der Waals surface area contributed by atoms with Gasteiger partial charge >= 0.3 is 0 Å². The Hall–Kier alpha value is -0.820. The van der Waals surface area contributed by atoms with Crippen LogP contribution in [-0.4, -0.2) is 13.1 Å². The van der Waals surface area contributed by atoms with Crippen molar-refractivity contribution < 1.29 is 0 Å². The molecule has 1 N–H and O–H groups in total. The minimum atomic E-state index is 0.947. The smallest absolute Gasteiger partial charge is 0.0208 e. The van der Waals surface area contributed by atoms with E-state index in [2.05, 4.69) is 44.8 Å². The average molecular weight is 253 g/mol. The van der Waals surface area contributed by atoms with Crippen molar-refractivity contribution in [2.45, 2.75) is 61.3 Å². The number of hydrogen-bond donors (Lipinski definition) is 1. The van der Waals surface area contributed by atoms with Gasteiger partial charge < -0.3 is 5.32 Å².